The number of nitrogens with one attached hydrogen (secondary N) is 5. The number of carboxylic acids is 1. The maximum Gasteiger partial charge on any atom is 0.337 e. The molecule has 0 bridgehead atoms. The third kappa shape index (κ3) is 16.5. The van der Waals surface area contributed by atoms with E-state index >= 15 is 0 Å². The first-order valence-corrected chi connectivity index (χ1v) is 34.1. The molecular weight excluding hydrogens is 1290 g/mol. The molecular formula is C52H64Cl3N9O17S5. The number of hydrogen-bond donors (Lipinski definition) is 9. The van der Waals surface area contributed by atoms with E-state index in [0.29, 0.717) is 54.6 Å². The van der Waals surface area contributed by atoms with Crippen LogP contribution >= 0.6 is 57.9 Å². The Morgan fingerprint density at radius 1 is 0.756 bits per heavy atom. The molecule has 26 nitrogen and oxygen atoms in total. The molecule has 3 aliphatic heterocycles. The van der Waals surface area contributed by atoms with E-state index in [9.17, 15) is 63.4 Å². The monoisotopic (exact) mass is 1350 g/mol. The molecule has 1 aromatic heterocycles. The normalized spacial score (nSPS) is 16.7. The van der Waals surface area contributed by atoms with Crippen molar-refractivity contribution in [3.63, 3.8) is 0 Å². The number of rotatable bonds is 27. The number of carbonyl (C=O) groups excluding carboxylic acids is 4. The third-order valence-corrected chi connectivity index (χ3v) is 20.3. The Morgan fingerprint density at radius 2 is 1.36 bits per heavy atom. The lowest BCUT2D eigenvalue weighted by molar-refractivity contribution is -0.124. The number of anilines is 2. The molecule has 470 valence electrons. The van der Waals surface area contributed by atoms with Crippen molar-refractivity contribution in [2.24, 2.45) is 10.1 Å². The second kappa shape index (κ2) is 27.6. The number of carbonyl (C=O) groups is 5. The molecule has 0 aliphatic carbocycles. The van der Waals surface area contributed by atoms with Crippen molar-refractivity contribution in [3.05, 3.63) is 65.6 Å². The van der Waals surface area contributed by atoms with Gasteiger partial charge in [-0.05, 0) is 88.5 Å². The molecule has 0 spiro atoms. The summed E-state index contributed by atoms with van der Waals surface area (Å²) in [5.74, 6) is -5.75. The topological polar surface area (TPSA) is 400 Å². The standard InChI is InChI=1S/C52H64Cl3N9O17S5/c1-25-22-51(3,4)61-41-27(25)20-29-35(30-21-28-26(2)23-52(5,6)62-42(28)47(86(76,77)78)44(30)81-43(29)46(41)85(73,74)75)36-37(48(69)70)38(53)40(55)45(39(36)54)82-24-34(68)57-13-9-7-8-10-31(65)58-14-16-79-18-19-80-17-15-59-32(66)11-12-33(67)60-49-63-64-50(83-49)84(56,71)72/h20-21,25-26,61H,7-19,22-24H2,1-6H3,(H,57,68)(H,58,65)(H,59,66)(H,69,70)(H2,56,71,72)(H,60,63,67)(H,73,74,75)(H,76,77,78). The predicted octanol–water partition coefficient (Wildman–Crippen LogP) is 5.75. The lowest BCUT2D eigenvalue weighted by Gasteiger charge is -2.40. The van der Waals surface area contributed by atoms with Crippen molar-refractivity contribution in [2.75, 3.05) is 62.4 Å². The van der Waals surface area contributed by atoms with Gasteiger partial charge in [0.2, 0.25) is 33.1 Å². The van der Waals surface area contributed by atoms with Gasteiger partial charge in [-0.15, -0.1) is 22.0 Å². The van der Waals surface area contributed by atoms with E-state index in [1.54, 1.807) is 19.9 Å². The van der Waals surface area contributed by atoms with E-state index in [1.165, 1.54) is 6.07 Å². The minimum Gasteiger partial charge on any atom is -0.478 e. The van der Waals surface area contributed by atoms with Gasteiger partial charge in [-0.1, -0.05) is 66.4 Å². The number of fused-ring (bicyclic) bond motifs is 4. The van der Waals surface area contributed by atoms with Crippen LogP contribution < -0.4 is 47.0 Å². The second-order valence-corrected chi connectivity index (χ2v) is 29.4. The van der Waals surface area contributed by atoms with E-state index in [0.717, 1.165) is 11.8 Å². The molecule has 0 saturated heterocycles. The lowest BCUT2D eigenvalue weighted by atomic mass is 9.79. The summed E-state index contributed by atoms with van der Waals surface area (Å²) in [4.78, 5) is 66.4. The highest BCUT2D eigenvalue weighted by Gasteiger charge is 2.43. The zero-order valence-electron chi connectivity index (χ0n) is 47.3. The van der Waals surface area contributed by atoms with Crippen LogP contribution in [0.25, 0.3) is 5.57 Å². The van der Waals surface area contributed by atoms with Crippen molar-refractivity contribution >= 4 is 134 Å². The van der Waals surface area contributed by atoms with Crippen LogP contribution in [0.1, 0.15) is 137 Å². The van der Waals surface area contributed by atoms with Gasteiger partial charge in [-0.3, -0.25) is 33.3 Å². The molecule has 3 aliphatic rings. The van der Waals surface area contributed by atoms with Crippen LogP contribution in [0, 0.1) is 0 Å². The highest BCUT2D eigenvalue weighted by Crippen LogP contribution is 2.54. The van der Waals surface area contributed by atoms with Crippen LogP contribution in [0.3, 0.4) is 0 Å². The first-order valence-electron chi connectivity index (χ1n) is 26.7. The smallest absolute Gasteiger partial charge is 0.337 e. The van der Waals surface area contributed by atoms with E-state index in [2.05, 4.69) is 36.8 Å². The molecule has 4 aromatic rings. The molecule has 0 saturated carbocycles. The summed E-state index contributed by atoms with van der Waals surface area (Å²) >= 11 is 22.4. The summed E-state index contributed by atoms with van der Waals surface area (Å²) in [6, 6.07) is 3.06. The fourth-order valence-corrected chi connectivity index (χ4v) is 15.3. The highest BCUT2D eigenvalue weighted by atomic mass is 35.5. The van der Waals surface area contributed by atoms with Gasteiger partial charge in [0.1, 0.15) is 0 Å². The number of carboxylic acid groups (broad SMARTS) is 1. The van der Waals surface area contributed by atoms with Crippen LogP contribution in [0.2, 0.25) is 15.1 Å². The Labute approximate surface area is 519 Å². The van der Waals surface area contributed by atoms with Crippen molar-refractivity contribution in [3.8, 4) is 11.5 Å². The lowest BCUT2D eigenvalue weighted by Crippen LogP contribution is -2.39. The zero-order chi connectivity index (χ0) is 63.4. The number of sulfonamides is 1. The number of unbranched alkanes of at least 4 members (excludes halogenated alkanes) is 2. The quantitative estimate of drug-likeness (QED) is 0.00993. The van der Waals surface area contributed by atoms with Gasteiger partial charge in [0.15, 0.2) is 21.3 Å². The number of aromatic nitrogens is 2. The minimum atomic E-state index is -5.33. The average molecular weight is 1350 g/mol. The molecule has 86 heavy (non-hydrogen) atoms. The van der Waals surface area contributed by atoms with Crippen molar-refractivity contribution in [2.45, 2.75) is 135 Å². The number of primary sulfonamides is 1. The van der Waals surface area contributed by atoms with E-state index in [4.69, 9.17) is 59.1 Å². The number of thioether (sulfide) groups is 1. The molecule has 0 fully saturated rings. The van der Waals surface area contributed by atoms with Crippen molar-refractivity contribution in [1.82, 2.24) is 26.1 Å². The van der Waals surface area contributed by atoms with Gasteiger partial charge in [-0.25, -0.2) is 18.4 Å². The third-order valence-electron chi connectivity index (χ3n) is 13.8. The molecule has 2 unspecified atom stereocenters. The SMILES string of the molecule is CC1CC(C)(C)Nc2c1cc1c(c2S(=O)(=O)O)Oc2c(S(=O)(=O)O)c3c(cc2=C1c1c(Cl)c(SCC(=O)NCCCCCC(=O)NCCOCCOCCNC(=O)CCC(=O)Nc2nnc(S(N)(=O)=O)s2)c(Cl)c(Cl)c1C(=O)O)C(C)CC(C)(C)N=3. The van der Waals surface area contributed by atoms with Gasteiger partial charge in [0, 0.05) is 71.2 Å². The summed E-state index contributed by atoms with van der Waals surface area (Å²) in [5.41, 5.74) is -2.39. The van der Waals surface area contributed by atoms with Crippen LogP contribution in [-0.2, 0) is 58.9 Å². The fourth-order valence-electron chi connectivity index (χ4n) is 10.4. The predicted molar refractivity (Wildman–Crippen MR) is 320 cm³/mol. The van der Waals surface area contributed by atoms with Crippen LogP contribution in [0.5, 0.6) is 11.5 Å². The highest BCUT2D eigenvalue weighted by molar-refractivity contribution is 8.00. The first kappa shape index (κ1) is 68.2. The molecule has 4 heterocycles. The Hall–Kier alpha value is -5.29. The van der Waals surface area contributed by atoms with Gasteiger partial charge >= 0.3 is 5.97 Å². The largest absolute Gasteiger partial charge is 0.478 e. The number of hydrogen-bond acceptors (Lipinski definition) is 20. The Morgan fingerprint density at radius 3 is 1.97 bits per heavy atom. The Balaban J connectivity index is 0.958. The van der Waals surface area contributed by atoms with E-state index < -0.39 is 113 Å². The van der Waals surface area contributed by atoms with Crippen molar-refractivity contribution in [1.29, 1.82) is 0 Å². The number of ether oxygens (including phenoxy) is 3. The number of halogens is 3. The molecule has 34 heteroatoms. The number of nitrogens with two attached hydrogens (primary N) is 1. The average Bonchev–Trinajstić information content (AvgIpc) is 0.759. The van der Waals surface area contributed by atoms with Gasteiger partial charge < -0.3 is 45.9 Å². The number of benzene rings is 3. The number of amides is 4. The van der Waals surface area contributed by atoms with Crippen LogP contribution in [0.4, 0.5) is 10.8 Å². The molecule has 2 atom stereocenters. The van der Waals surface area contributed by atoms with Crippen LogP contribution in [0.15, 0.2) is 36.2 Å². The number of aromatic carboxylic acids is 1. The molecule has 10 N–H and O–H groups in total. The maximum absolute atomic E-state index is 13.7. The molecule has 4 amide bonds. The minimum absolute atomic E-state index is 0.0585. The van der Waals surface area contributed by atoms with E-state index in [1.807, 2.05) is 27.7 Å². The van der Waals surface area contributed by atoms with Gasteiger partial charge in [-0.2, -0.15) is 16.8 Å². The van der Waals surface area contributed by atoms with E-state index in [-0.39, 0.29) is 130 Å². The van der Waals surface area contributed by atoms with Crippen LogP contribution in [-0.4, -0.2) is 142 Å². The summed E-state index contributed by atoms with van der Waals surface area (Å²) in [6.45, 7) is 12.2. The summed E-state index contributed by atoms with van der Waals surface area (Å²) in [7, 11) is -14.7. The Bertz CT molecular complexity index is 3870. The fraction of sp³-hybridized carbons (Fsp3) is 0.500. The van der Waals surface area contributed by atoms with Crippen molar-refractivity contribution < 1.29 is 77.6 Å². The summed E-state index contributed by atoms with van der Waals surface area (Å²) < 4.78 is 117. The first-order chi connectivity index (χ1) is 40.1. The maximum atomic E-state index is 13.7. The molecule has 7 rings (SSSR count). The summed E-state index contributed by atoms with van der Waals surface area (Å²) in [5, 5.41) is 34.8. The number of nitrogens with zero attached hydrogens (tertiary/aromatic N) is 3. The Kier molecular flexibility index (Phi) is 21.9. The summed E-state index contributed by atoms with van der Waals surface area (Å²) in [6.07, 6.45) is 2.31. The molecule has 3 aromatic carbocycles. The second-order valence-electron chi connectivity index (χ2n) is 21.8. The van der Waals surface area contributed by atoms with Gasteiger partial charge in [0.25, 0.3) is 30.3 Å². The zero-order valence-corrected chi connectivity index (χ0v) is 53.6. The van der Waals surface area contributed by atoms with Gasteiger partial charge in [0.05, 0.1) is 69.4 Å². The molecule has 0 radical (unpaired) electrons.